The summed E-state index contributed by atoms with van der Waals surface area (Å²) in [7, 11) is 0. The van der Waals surface area contributed by atoms with Gasteiger partial charge in [-0.05, 0) is 43.2 Å². The van der Waals surface area contributed by atoms with Crippen molar-refractivity contribution in [3.8, 4) is 11.5 Å². The van der Waals surface area contributed by atoms with E-state index < -0.39 is 0 Å². The summed E-state index contributed by atoms with van der Waals surface area (Å²) in [4.78, 5) is 14.2. The number of aryl methyl sites for hydroxylation is 2. The molecular weight excluding hydrogens is 342 g/mol. The highest BCUT2D eigenvalue weighted by Crippen LogP contribution is 2.24. The SMILES string of the molecule is Cc1ccc(-c2nc(C)c3ccccc3n2)nc1Cc1ccccc1Cl. The van der Waals surface area contributed by atoms with Gasteiger partial charge in [0.2, 0.25) is 0 Å². The second kappa shape index (κ2) is 6.85. The van der Waals surface area contributed by atoms with Crippen molar-refractivity contribution in [1.82, 2.24) is 15.0 Å². The summed E-state index contributed by atoms with van der Waals surface area (Å²) in [6.07, 6.45) is 0.686. The summed E-state index contributed by atoms with van der Waals surface area (Å²) < 4.78 is 0. The number of rotatable bonds is 3. The first kappa shape index (κ1) is 16.7. The van der Waals surface area contributed by atoms with Gasteiger partial charge in [0.25, 0.3) is 0 Å². The number of halogens is 1. The van der Waals surface area contributed by atoms with E-state index in [-0.39, 0.29) is 0 Å². The number of hydrogen-bond donors (Lipinski definition) is 0. The van der Waals surface area contributed by atoms with Gasteiger partial charge in [0.15, 0.2) is 5.82 Å². The molecule has 4 aromatic rings. The monoisotopic (exact) mass is 359 g/mol. The lowest BCUT2D eigenvalue weighted by molar-refractivity contribution is 1.03. The Morgan fingerprint density at radius 1 is 0.808 bits per heavy atom. The van der Waals surface area contributed by atoms with Crippen LogP contribution in [-0.2, 0) is 6.42 Å². The summed E-state index contributed by atoms with van der Waals surface area (Å²) in [5.41, 5.74) is 5.87. The topological polar surface area (TPSA) is 38.7 Å². The van der Waals surface area contributed by atoms with Crippen LogP contribution in [0.2, 0.25) is 5.02 Å². The van der Waals surface area contributed by atoms with Gasteiger partial charge in [0.05, 0.1) is 5.52 Å². The van der Waals surface area contributed by atoms with E-state index in [0.29, 0.717) is 12.2 Å². The van der Waals surface area contributed by atoms with Crippen LogP contribution in [0, 0.1) is 13.8 Å². The number of para-hydroxylation sites is 1. The lowest BCUT2D eigenvalue weighted by Gasteiger charge is -2.10. The minimum Gasteiger partial charge on any atom is -0.249 e. The molecule has 4 heteroatoms. The van der Waals surface area contributed by atoms with Gasteiger partial charge in [-0.25, -0.2) is 15.0 Å². The lowest BCUT2D eigenvalue weighted by atomic mass is 10.1. The van der Waals surface area contributed by atoms with Crippen molar-refractivity contribution >= 4 is 22.5 Å². The predicted molar refractivity (Wildman–Crippen MR) is 107 cm³/mol. The fourth-order valence-corrected chi connectivity index (χ4v) is 3.25. The van der Waals surface area contributed by atoms with Gasteiger partial charge in [-0.3, -0.25) is 0 Å². The Hall–Kier alpha value is -2.78. The summed E-state index contributed by atoms with van der Waals surface area (Å²) in [6.45, 7) is 4.07. The van der Waals surface area contributed by atoms with E-state index in [1.54, 1.807) is 0 Å². The maximum absolute atomic E-state index is 6.32. The van der Waals surface area contributed by atoms with Crippen molar-refractivity contribution in [2.75, 3.05) is 0 Å². The molecule has 0 N–H and O–H groups in total. The van der Waals surface area contributed by atoms with Gasteiger partial charge < -0.3 is 0 Å². The molecule has 0 fully saturated rings. The van der Waals surface area contributed by atoms with Crippen LogP contribution in [-0.4, -0.2) is 15.0 Å². The van der Waals surface area contributed by atoms with Crippen LogP contribution in [0.25, 0.3) is 22.4 Å². The number of fused-ring (bicyclic) bond motifs is 1. The van der Waals surface area contributed by atoms with E-state index in [1.807, 2.05) is 61.5 Å². The maximum Gasteiger partial charge on any atom is 0.178 e. The van der Waals surface area contributed by atoms with E-state index in [4.69, 9.17) is 21.6 Å². The maximum atomic E-state index is 6.32. The van der Waals surface area contributed by atoms with Gasteiger partial charge in [-0.1, -0.05) is 54.1 Å². The largest absolute Gasteiger partial charge is 0.249 e. The van der Waals surface area contributed by atoms with Crippen molar-refractivity contribution in [3.63, 3.8) is 0 Å². The molecule has 26 heavy (non-hydrogen) atoms. The van der Waals surface area contributed by atoms with Crippen molar-refractivity contribution in [1.29, 1.82) is 0 Å². The second-order valence-corrected chi connectivity index (χ2v) is 6.79. The highest BCUT2D eigenvalue weighted by molar-refractivity contribution is 6.31. The Morgan fingerprint density at radius 3 is 2.42 bits per heavy atom. The van der Waals surface area contributed by atoms with E-state index in [0.717, 1.165) is 44.1 Å². The Kier molecular flexibility index (Phi) is 4.39. The van der Waals surface area contributed by atoms with Gasteiger partial charge in [-0.2, -0.15) is 0 Å². The molecule has 0 saturated carbocycles. The molecule has 0 aliphatic carbocycles. The Labute approximate surface area is 157 Å². The van der Waals surface area contributed by atoms with Gasteiger partial charge in [-0.15, -0.1) is 0 Å². The molecule has 0 atom stereocenters. The molecule has 3 nitrogen and oxygen atoms in total. The molecule has 0 aliphatic rings. The number of benzene rings is 2. The third kappa shape index (κ3) is 3.18. The molecule has 128 valence electrons. The van der Waals surface area contributed by atoms with E-state index >= 15 is 0 Å². The number of nitrogens with zero attached hydrogens (tertiary/aromatic N) is 3. The van der Waals surface area contributed by atoms with Crippen LogP contribution < -0.4 is 0 Å². The Bertz CT molecular complexity index is 1110. The molecule has 2 aromatic heterocycles. The van der Waals surface area contributed by atoms with Crippen LogP contribution >= 0.6 is 11.6 Å². The van der Waals surface area contributed by atoms with Crippen LogP contribution in [0.3, 0.4) is 0 Å². The third-order valence-corrected chi connectivity index (χ3v) is 4.91. The first-order valence-electron chi connectivity index (χ1n) is 8.55. The minimum absolute atomic E-state index is 0.654. The van der Waals surface area contributed by atoms with Gasteiger partial charge in [0.1, 0.15) is 5.69 Å². The lowest BCUT2D eigenvalue weighted by Crippen LogP contribution is -2.01. The number of aromatic nitrogens is 3. The molecular formula is C22H18ClN3. The molecule has 0 unspecified atom stereocenters. The van der Waals surface area contributed by atoms with E-state index in [1.165, 1.54) is 0 Å². The summed E-state index contributed by atoms with van der Waals surface area (Å²) >= 11 is 6.32. The van der Waals surface area contributed by atoms with E-state index in [2.05, 4.69) is 18.0 Å². The van der Waals surface area contributed by atoms with Crippen molar-refractivity contribution < 1.29 is 0 Å². The normalized spacial score (nSPS) is 11.0. The molecule has 0 radical (unpaired) electrons. The molecule has 0 bridgehead atoms. The zero-order chi connectivity index (χ0) is 18.1. The summed E-state index contributed by atoms with van der Waals surface area (Å²) in [5.74, 6) is 0.654. The highest BCUT2D eigenvalue weighted by atomic mass is 35.5. The molecule has 2 heterocycles. The molecule has 2 aromatic carbocycles. The summed E-state index contributed by atoms with van der Waals surface area (Å²) in [6, 6.07) is 20.0. The second-order valence-electron chi connectivity index (χ2n) is 6.38. The van der Waals surface area contributed by atoms with E-state index in [9.17, 15) is 0 Å². The average molecular weight is 360 g/mol. The Balaban J connectivity index is 1.78. The minimum atomic E-state index is 0.654. The van der Waals surface area contributed by atoms with Crippen LogP contribution in [0.15, 0.2) is 60.7 Å². The van der Waals surface area contributed by atoms with Crippen molar-refractivity contribution in [2.24, 2.45) is 0 Å². The first-order valence-corrected chi connectivity index (χ1v) is 8.93. The quantitative estimate of drug-likeness (QED) is 0.481. The van der Waals surface area contributed by atoms with Crippen molar-refractivity contribution in [2.45, 2.75) is 20.3 Å². The smallest absolute Gasteiger partial charge is 0.178 e. The molecule has 0 amide bonds. The summed E-state index contributed by atoms with van der Waals surface area (Å²) in [5, 5.41) is 1.83. The highest BCUT2D eigenvalue weighted by Gasteiger charge is 2.11. The third-order valence-electron chi connectivity index (χ3n) is 4.54. The fraction of sp³-hybridized carbons (Fsp3) is 0.136. The molecule has 0 spiro atoms. The molecule has 0 saturated heterocycles. The van der Waals surface area contributed by atoms with Crippen LogP contribution in [0.5, 0.6) is 0 Å². The first-order chi connectivity index (χ1) is 12.6. The zero-order valence-corrected chi connectivity index (χ0v) is 15.5. The van der Waals surface area contributed by atoms with Crippen LogP contribution in [0.1, 0.15) is 22.5 Å². The number of pyridine rings is 1. The molecule has 0 aliphatic heterocycles. The fourth-order valence-electron chi connectivity index (χ4n) is 3.05. The Morgan fingerprint density at radius 2 is 1.58 bits per heavy atom. The van der Waals surface area contributed by atoms with Gasteiger partial charge in [0, 0.05) is 28.2 Å². The predicted octanol–water partition coefficient (Wildman–Crippen LogP) is 5.55. The van der Waals surface area contributed by atoms with Crippen LogP contribution in [0.4, 0.5) is 0 Å². The van der Waals surface area contributed by atoms with Gasteiger partial charge >= 0.3 is 0 Å². The molecule has 4 rings (SSSR count). The van der Waals surface area contributed by atoms with Crippen molar-refractivity contribution in [3.05, 3.63) is 88.2 Å². The zero-order valence-electron chi connectivity index (χ0n) is 14.7. The standard InChI is InChI=1S/C22H18ClN3/c1-14-11-12-20(25-21(14)13-16-7-3-5-9-18(16)23)22-24-15(2)17-8-4-6-10-19(17)26-22/h3-12H,13H2,1-2H3. The number of hydrogen-bond acceptors (Lipinski definition) is 3. The average Bonchev–Trinajstić information content (AvgIpc) is 2.65.